The van der Waals surface area contributed by atoms with E-state index in [0.717, 1.165) is 48.2 Å². The molecule has 0 bridgehead atoms. The number of fused-ring (bicyclic) bond motifs is 3. The van der Waals surface area contributed by atoms with Gasteiger partial charge in [0.1, 0.15) is 12.6 Å². The summed E-state index contributed by atoms with van der Waals surface area (Å²) in [5, 5.41) is 12.3. The zero-order valence-electron chi connectivity index (χ0n) is 20.0. The molecule has 1 atom stereocenters. The number of carbonyl (C=O) groups is 2. The summed E-state index contributed by atoms with van der Waals surface area (Å²) in [7, 11) is 0. The van der Waals surface area contributed by atoms with Gasteiger partial charge in [0, 0.05) is 12.5 Å². The van der Waals surface area contributed by atoms with Crippen LogP contribution in [-0.2, 0) is 9.53 Å². The van der Waals surface area contributed by atoms with E-state index < -0.39 is 18.1 Å². The van der Waals surface area contributed by atoms with Crippen LogP contribution in [0.4, 0.5) is 4.79 Å². The highest BCUT2D eigenvalue weighted by Gasteiger charge is 2.31. The van der Waals surface area contributed by atoms with Crippen molar-refractivity contribution in [1.82, 2.24) is 10.2 Å². The van der Waals surface area contributed by atoms with Gasteiger partial charge in [0.15, 0.2) is 0 Å². The van der Waals surface area contributed by atoms with Gasteiger partial charge in [-0.3, -0.25) is 0 Å². The van der Waals surface area contributed by atoms with Crippen LogP contribution in [0.2, 0.25) is 0 Å². The van der Waals surface area contributed by atoms with Gasteiger partial charge in [-0.05, 0) is 59.7 Å². The predicted molar refractivity (Wildman–Crippen MR) is 142 cm³/mol. The summed E-state index contributed by atoms with van der Waals surface area (Å²) < 4.78 is 5.55. The standard InChI is InChI=1S/C29H30N2O4.ClH/c32-28(33)27(18-31-16-14-21(15-17-31)20-8-2-1-3-9-20)30-29(34)35-19-26-24-12-6-4-10-22(24)23-11-5-7-13-25(23)26;/h1-13,21,26-27H,14-19H2,(H,30,34)(H,32,33);1H/t27-;/m0./s1. The minimum Gasteiger partial charge on any atom is -0.480 e. The quantitative estimate of drug-likeness (QED) is 0.456. The number of benzene rings is 3. The molecule has 2 aliphatic rings. The van der Waals surface area contributed by atoms with Crippen molar-refractivity contribution in [2.75, 3.05) is 26.2 Å². The molecule has 3 aromatic rings. The molecule has 0 unspecified atom stereocenters. The number of alkyl carbamates (subject to hydrolysis) is 1. The minimum atomic E-state index is -1.05. The fraction of sp³-hybridized carbons (Fsp3) is 0.310. The number of hydrogen-bond acceptors (Lipinski definition) is 4. The maximum absolute atomic E-state index is 12.6. The van der Waals surface area contributed by atoms with Crippen molar-refractivity contribution < 1.29 is 19.4 Å². The Labute approximate surface area is 217 Å². The molecular formula is C29H31ClN2O4. The van der Waals surface area contributed by atoms with Gasteiger partial charge >= 0.3 is 12.1 Å². The Balaban J connectivity index is 0.00000304. The molecule has 0 spiro atoms. The molecule has 0 aromatic heterocycles. The lowest BCUT2D eigenvalue weighted by Crippen LogP contribution is -2.50. The number of amides is 1. The van der Waals surface area contributed by atoms with E-state index in [1.54, 1.807) is 0 Å². The first-order valence-corrected chi connectivity index (χ1v) is 12.2. The number of hydrogen-bond donors (Lipinski definition) is 2. The summed E-state index contributed by atoms with van der Waals surface area (Å²) in [6.07, 6.45) is 1.25. The number of aliphatic carboxylic acids is 1. The molecule has 188 valence electrons. The number of rotatable bonds is 7. The van der Waals surface area contributed by atoms with Crippen LogP contribution in [0.5, 0.6) is 0 Å². The van der Waals surface area contributed by atoms with E-state index in [9.17, 15) is 14.7 Å². The van der Waals surface area contributed by atoms with E-state index >= 15 is 0 Å². The Morgan fingerprint density at radius 2 is 1.44 bits per heavy atom. The van der Waals surface area contributed by atoms with E-state index in [1.165, 1.54) is 5.56 Å². The lowest BCUT2D eigenvalue weighted by atomic mass is 9.89. The van der Waals surface area contributed by atoms with Crippen molar-refractivity contribution in [1.29, 1.82) is 0 Å². The first kappa shape index (κ1) is 25.7. The Bertz CT molecular complexity index is 1150. The first-order valence-electron chi connectivity index (χ1n) is 12.2. The Morgan fingerprint density at radius 3 is 2.03 bits per heavy atom. The van der Waals surface area contributed by atoms with Crippen molar-refractivity contribution in [3.8, 4) is 11.1 Å². The highest BCUT2D eigenvalue weighted by Crippen LogP contribution is 2.44. The topological polar surface area (TPSA) is 78.9 Å². The molecule has 1 fully saturated rings. The van der Waals surface area contributed by atoms with Crippen LogP contribution in [0.15, 0.2) is 78.9 Å². The van der Waals surface area contributed by atoms with Crippen molar-refractivity contribution in [2.24, 2.45) is 0 Å². The number of nitrogens with zero attached hydrogens (tertiary/aromatic N) is 1. The van der Waals surface area contributed by atoms with Crippen LogP contribution in [-0.4, -0.2) is 54.4 Å². The van der Waals surface area contributed by atoms with E-state index in [-0.39, 0.29) is 31.5 Å². The third-order valence-corrected chi connectivity index (χ3v) is 7.23. The number of carboxylic acids is 1. The second-order valence-corrected chi connectivity index (χ2v) is 9.35. The van der Waals surface area contributed by atoms with Crippen LogP contribution in [0.1, 0.15) is 41.4 Å². The minimum absolute atomic E-state index is 0. The number of carboxylic acid groups (broad SMARTS) is 1. The zero-order valence-corrected chi connectivity index (χ0v) is 20.8. The average Bonchev–Trinajstić information content (AvgIpc) is 3.21. The molecule has 1 amide bonds. The van der Waals surface area contributed by atoms with Crippen molar-refractivity contribution in [3.05, 3.63) is 95.6 Å². The Hall–Kier alpha value is -3.35. The molecule has 1 aliphatic carbocycles. The SMILES string of the molecule is Cl.O=C(N[C@@H](CN1CCC(c2ccccc2)CC1)C(=O)O)OCC1c2ccccc2-c2ccccc21. The monoisotopic (exact) mass is 506 g/mol. The number of nitrogens with one attached hydrogen (secondary N) is 1. The number of ether oxygens (including phenoxy) is 1. The fourth-order valence-corrected chi connectivity index (χ4v) is 5.40. The van der Waals surface area contributed by atoms with Crippen LogP contribution in [0.3, 0.4) is 0 Å². The van der Waals surface area contributed by atoms with Crippen molar-refractivity contribution in [3.63, 3.8) is 0 Å². The summed E-state index contributed by atoms with van der Waals surface area (Å²) in [5.74, 6) is -0.622. The fourth-order valence-electron chi connectivity index (χ4n) is 5.40. The second-order valence-electron chi connectivity index (χ2n) is 9.35. The molecule has 0 radical (unpaired) electrons. The molecule has 0 saturated carbocycles. The van der Waals surface area contributed by atoms with E-state index in [2.05, 4.69) is 58.7 Å². The zero-order chi connectivity index (χ0) is 24.2. The van der Waals surface area contributed by atoms with Gasteiger partial charge in [-0.2, -0.15) is 0 Å². The van der Waals surface area contributed by atoms with Crippen LogP contribution >= 0.6 is 12.4 Å². The second kappa shape index (κ2) is 11.6. The summed E-state index contributed by atoms with van der Waals surface area (Å²) in [6, 6.07) is 25.7. The highest BCUT2D eigenvalue weighted by molar-refractivity contribution is 5.85. The van der Waals surface area contributed by atoms with Crippen LogP contribution in [0, 0.1) is 0 Å². The number of halogens is 1. The first-order chi connectivity index (χ1) is 17.1. The number of carbonyl (C=O) groups excluding carboxylic acids is 1. The van der Waals surface area contributed by atoms with E-state index in [4.69, 9.17) is 4.74 Å². The van der Waals surface area contributed by atoms with Crippen molar-refractivity contribution in [2.45, 2.75) is 30.7 Å². The molecule has 1 saturated heterocycles. The van der Waals surface area contributed by atoms with Gasteiger partial charge in [-0.1, -0.05) is 78.9 Å². The Morgan fingerprint density at radius 1 is 0.889 bits per heavy atom. The molecular weight excluding hydrogens is 476 g/mol. The van der Waals surface area contributed by atoms with Gasteiger partial charge in [0.25, 0.3) is 0 Å². The van der Waals surface area contributed by atoms with Gasteiger partial charge in [0.2, 0.25) is 0 Å². The molecule has 6 nitrogen and oxygen atoms in total. The normalized spacial score (nSPS) is 16.3. The van der Waals surface area contributed by atoms with Crippen LogP contribution < -0.4 is 5.32 Å². The Kier molecular flexibility index (Phi) is 8.28. The van der Waals surface area contributed by atoms with Crippen molar-refractivity contribution >= 4 is 24.5 Å². The average molecular weight is 507 g/mol. The summed E-state index contributed by atoms with van der Waals surface area (Å²) in [6.45, 7) is 2.03. The third kappa shape index (κ3) is 5.55. The van der Waals surface area contributed by atoms with Gasteiger partial charge in [-0.25, -0.2) is 9.59 Å². The molecule has 3 aromatic carbocycles. The third-order valence-electron chi connectivity index (χ3n) is 7.23. The molecule has 7 heteroatoms. The molecule has 36 heavy (non-hydrogen) atoms. The summed E-state index contributed by atoms with van der Waals surface area (Å²) >= 11 is 0. The van der Waals surface area contributed by atoms with E-state index in [0.29, 0.717) is 5.92 Å². The molecule has 5 rings (SSSR count). The van der Waals surface area contributed by atoms with Gasteiger partial charge < -0.3 is 20.1 Å². The molecule has 1 aliphatic heterocycles. The lowest BCUT2D eigenvalue weighted by Gasteiger charge is -2.33. The van der Waals surface area contributed by atoms with Crippen LogP contribution in [0.25, 0.3) is 11.1 Å². The van der Waals surface area contributed by atoms with E-state index in [1.807, 2.05) is 30.3 Å². The number of likely N-dealkylation sites (tertiary alicyclic amines) is 1. The summed E-state index contributed by atoms with van der Waals surface area (Å²) in [4.78, 5) is 26.6. The summed E-state index contributed by atoms with van der Waals surface area (Å²) in [5.41, 5.74) is 5.88. The largest absolute Gasteiger partial charge is 0.480 e. The molecule has 2 N–H and O–H groups in total. The maximum atomic E-state index is 12.6. The highest BCUT2D eigenvalue weighted by atomic mass is 35.5. The lowest BCUT2D eigenvalue weighted by molar-refractivity contribution is -0.140. The predicted octanol–water partition coefficient (Wildman–Crippen LogP) is 5.28. The smallest absolute Gasteiger partial charge is 0.407 e. The maximum Gasteiger partial charge on any atom is 0.407 e. The van der Waals surface area contributed by atoms with Gasteiger partial charge in [0.05, 0.1) is 0 Å². The molecule has 1 heterocycles. The van der Waals surface area contributed by atoms with Gasteiger partial charge in [-0.15, -0.1) is 12.4 Å². The number of piperidine rings is 1.